The first kappa shape index (κ1) is 12.8. The minimum Gasteiger partial charge on any atom is -0.371 e. The van der Waals surface area contributed by atoms with Crippen LogP contribution in [-0.2, 0) is 4.79 Å². The zero-order valence-corrected chi connectivity index (χ0v) is 10.3. The summed E-state index contributed by atoms with van der Waals surface area (Å²) in [6.45, 7) is 3.82. The Kier molecular flexibility index (Phi) is 4.19. The van der Waals surface area contributed by atoms with Crippen molar-refractivity contribution >= 4 is 23.2 Å². The SMILES string of the molecule is CCCC(C)(Nc1cccc(Cl)c1)C(N)=O. The van der Waals surface area contributed by atoms with Crippen molar-refractivity contribution in [3.8, 4) is 0 Å². The predicted octanol–water partition coefficient (Wildman–Crippen LogP) is 2.80. The zero-order chi connectivity index (χ0) is 12.2. The van der Waals surface area contributed by atoms with Crippen LogP contribution in [0.15, 0.2) is 24.3 Å². The number of amides is 1. The highest BCUT2D eigenvalue weighted by atomic mass is 35.5. The molecule has 0 aliphatic carbocycles. The number of carbonyl (C=O) groups is 1. The number of anilines is 1. The molecule has 0 aromatic heterocycles. The Morgan fingerprint density at radius 3 is 2.75 bits per heavy atom. The van der Waals surface area contributed by atoms with Crippen LogP contribution in [0, 0.1) is 0 Å². The molecule has 1 unspecified atom stereocenters. The molecule has 0 saturated carbocycles. The number of hydrogen-bond acceptors (Lipinski definition) is 2. The Morgan fingerprint density at radius 2 is 2.25 bits per heavy atom. The molecular weight excluding hydrogens is 224 g/mol. The van der Waals surface area contributed by atoms with Gasteiger partial charge in [-0.25, -0.2) is 0 Å². The van der Waals surface area contributed by atoms with E-state index in [0.29, 0.717) is 11.4 Å². The lowest BCUT2D eigenvalue weighted by atomic mass is 9.95. The van der Waals surface area contributed by atoms with Crippen molar-refractivity contribution in [1.29, 1.82) is 0 Å². The summed E-state index contributed by atoms with van der Waals surface area (Å²) in [5.74, 6) is -0.352. The minimum absolute atomic E-state index is 0.352. The molecule has 0 fully saturated rings. The number of carbonyl (C=O) groups excluding carboxylic acids is 1. The average molecular weight is 241 g/mol. The Morgan fingerprint density at radius 1 is 1.56 bits per heavy atom. The first-order valence-corrected chi connectivity index (χ1v) is 5.69. The molecule has 1 aromatic rings. The van der Waals surface area contributed by atoms with Crippen molar-refractivity contribution in [3.63, 3.8) is 0 Å². The molecule has 88 valence electrons. The largest absolute Gasteiger partial charge is 0.371 e. The van der Waals surface area contributed by atoms with E-state index in [1.807, 2.05) is 19.1 Å². The van der Waals surface area contributed by atoms with E-state index in [9.17, 15) is 4.79 Å². The monoisotopic (exact) mass is 240 g/mol. The number of hydrogen-bond donors (Lipinski definition) is 2. The van der Waals surface area contributed by atoms with E-state index in [1.54, 1.807) is 19.1 Å². The van der Waals surface area contributed by atoms with Crippen molar-refractivity contribution in [2.24, 2.45) is 5.73 Å². The lowest BCUT2D eigenvalue weighted by molar-refractivity contribution is -0.122. The lowest BCUT2D eigenvalue weighted by Crippen LogP contribution is -2.47. The third-order valence-electron chi connectivity index (χ3n) is 2.54. The molecule has 1 amide bonds. The summed E-state index contributed by atoms with van der Waals surface area (Å²) in [6, 6.07) is 7.26. The summed E-state index contributed by atoms with van der Waals surface area (Å²) < 4.78 is 0. The van der Waals surface area contributed by atoms with Crippen LogP contribution in [0.3, 0.4) is 0 Å². The van der Waals surface area contributed by atoms with Gasteiger partial charge in [0.2, 0.25) is 5.91 Å². The van der Waals surface area contributed by atoms with Crippen LogP contribution >= 0.6 is 11.6 Å². The maximum absolute atomic E-state index is 11.4. The molecule has 1 aromatic carbocycles. The molecule has 3 nitrogen and oxygen atoms in total. The molecule has 4 heteroatoms. The van der Waals surface area contributed by atoms with E-state index < -0.39 is 5.54 Å². The molecule has 0 aliphatic heterocycles. The van der Waals surface area contributed by atoms with Crippen molar-refractivity contribution in [2.45, 2.75) is 32.2 Å². The van der Waals surface area contributed by atoms with Gasteiger partial charge in [0.15, 0.2) is 0 Å². The smallest absolute Gasteiger partial charge is 0.242 e. The van der Waals surface area contributed by atoms with Crippen LogP contribution in [0.2, 0.25) is 5.02 Å². The molecule has 16 heavy (non-hydrogen) atoms. The molecule has 0 spiro atoms. The molecule has 0 bridgehead atoms. The first-order valence-electron chi connectivity index (χ1n) is 5.31. The number of halogens is 1. The van der Waals surface area contributed by atoms with Crippen LogP contribution in [0.25, 0.3) is 0 Å². The van der Waals surface area contributed by atoms with Gasteiger partial charge in [-0.05, 0) is 31.5 Å². The van der Waals surface area contributed by atoms with Crippen LogP contribution in [0.5, 0.6) is 0 Å². The molecule has 3 N–H and O–H groups in total. The van der Waals surface area contributed by atoms with Gasteiger partial charge in [0.05, 0.1) is 0 Å². The highest BCUT2D eigenvalue weighted by Crippen LogP contribution is 2.22. The van der Waals surface area contributed by atoms with Gasteiger partial charge in [0.1, 0.15) is 5.54 Å². The van der Waals surface area contributed by atoms with Crippen molar-refractivity contribution in [3.05, 3.63) is 29.3 Å². The van der Waals surface area contributed by atoms with Gasteiger partial charge >= 0.3 is 0 Å². The average Bonchev–Trinajstić information content (AvgIpc) is 2.17. The maximum Gasteiger partial charge on any atom is 0.242 e. The van der Waals surface area contributed by atoms with E-state index in [0.717, 1.165) is 12.1 Å². The summed E-state index contributed by atoms with van der Waals surface area (Å²) in [5.41, 5.74) is 5.49. The second-order valence-corrected chi connectivity index (χ2v) is 4.52. The van der Waals surface area contributed by atoms with Gasteiger partial charge < -0.3 is 11.1 Å². The van der Waals surface area contributed by atoms with Crippen molar-refractivity contribution in [1.82, 2.24) is 0 Å². The van der Waals surface area contributed by atoms with Crippen LogP contribution in [-0.4, -0.2) is 11.4 Å². The molecular formula is C12H17ClN2O. The fourth-order valence-corrected chi connectivity index (χ4v) is 1.82. The number of primary amides is 1. The Balaban J connectivity index is 2.87. The van der Waals surface area contributed by atoms with E-state index >= 15 is 0 Å². The van der Waals surface area contributed by atoms with E-state index in [1.165, 1.54) is 0 Å². The Bertz CT molecular complexity index is 381. The fraction of sp³-hybridized carbons (Fsp3) is 0.417. The number of nitrogens with one attached hydrogen (secondary N) is 1. The van der Waals surface area contributed by atoms with Gasteiger partial charge in [-0.3, -0.25) is 4.79 Å². The minimum atomic E-state index is -0.723. The predicted molar refractivity (Wildman–Crippen MR) is 67.6 cm³/mol. The third-order valence-corrected chi connectivity index (χ3v) is 2.77. The van der Waals surface area contributed by atoms with Gasteiger partial charge in [-0.15, -0.1) is 0 Å². The Hall–Kier alpha value is -1.22. The molecule has 1 rings (SSSR count). The maximum atomic E-state index is 11.4. The summed E-state index contributed by atoms with van der Waals surface area (Å²) in [7, 11) is 0. The highest BCUT2D eigenvalue weighted by molar-refractivity contribution is 6.30. The Labute approximate surface area is 101 Å². The fourth-order valence-electron chi connectivity index (χ4n) is 1.63. The first-order chi connectivity index (χ1) is 7.48. The molecule has 0 aliphatic rings. The zero-order valence-electron chi connectivity index (χ0n) is 9.59. The van der Waals surface area contributed by atoms with Gasteiger partial charge in [-0.1, -0.05) is 31.0 Å². The standard InChI is InChI=1S/C12H17ClN2O/c1-3-7-12(2,11(14)16)15-10-6-4-5-9(13)8-10/h4-6,8,15H,3,7H2,1-2H3,(H2,14,16). The van der Waals surface area contributed by atoms with Crippen LogP contribution < -0.4 is 11.1 Å². The number of benzene rings is 1. The molecule has 0 heterocycles. The second kappa shape index (κ2) is 5.21. The molecule has 0 saturated heterocycles. The highest BCUT2D eigenvalue weighted by Gasteiger charge is 2.29. The summed E-state index contributed by atoms with van der Waals surface area (Å²) >= 11 is 5.87. The van der Waals surface area contributed by atoms with E-state index in [4.69, 9.17) is 17.3 Å². The summed E-state index contributed by atoms with van der Waals surface area (Å²) in [5, 5.41) is 3.77. The lowest BCUT2D eigenvalue weighted by Gasteiger charge is -2.28. The van der Waals surface area contributed by atoms with Crippen LogP contribution in [0.4, 0.5) is 5.69 Å². The summed E-state index contributed by atoms with van der Waals surface area (Å²) in [4.78, 5) is 11.4. The van der Waals surface area contributed by atoms with E-state index in [2.05, 4.69) is 5.32 Å². The molecule has 0 radical (unpaired) electrons. The van der Waals surface area contributed by atoms with Crippen LogP contribution in [0.1, 0.15) is 26.7 Å². The normalized spacial score (nSPS) is 14.2. The van der Waals surface area contributed by atoms with Gasteiger partial charge in [0.25, 0.3) is 0 Å². The van der Waals surface area contributed by atoms with Crippen molar-refractivity contribution in [2.75, 3.05) is 5.32 Å². The summed E-state index contributed by atoms with van der Waals surface area (Å²) in [6.07, 6.45) is 1.57. The second-order valence-electron chi connectivity index (χ2n) is 4.08. The van der Waals surface area contributed by atoms with Crippen molar-refractivity contribution < 1.29 is 4.79 Å². The topological polar surface area (TPSA) is 55.1 Å². The number of rotatable bonds is 5. The molecule has 1 atom stereocenters. The van der Waals surface area contributed by atoms with Gasteiger partial charge in [0, 0.05) is 10.7 Å². The quantitative estimate of drug-likeness (QED) is 0.832. The van der Waals surface area contributed by atoms with E-state index in [-0.39, 0.29) is 5.91 Å². The third kappa shape index (κ3) is 3.14. The number of nitrogens with two attached hydrogens (primary N) is 1. The van der Waals surface area contributed by atoms with Gasteiger partial charge in [-0.2, -0.15) is 0 Å².